The van der Waals surface area contributed by atoms with E-state index in [1.54, 1.807) is 0 Å². The highest BCUT2D eigenvalue weighted by molar-refractivity contribution is 6.08. The summed E-state index contributed by atoms with van der Waals surface area (Å²) in [4.78, 5) is 23.9. The summed E-state index contributed by atoms with van der Waals surface area (Å²) in [7, 11) is 0. The summed E-state index contributed by atoms with van der Waals surface area (Å²) in [6, 6.07) is 6.84. The van der Waals surface area contributed by atoms with Crippen LogP contribution in [-0.4, -0.2) is 16.9 Å². The molecule has 4 nitrogen and oxygen atoms in total. The molecule has 0 fully saturated rings. The van der Waals surface area contributed by atoms with E-state index in [4.69, 9.17) is 9.52 Å². The second-order valence-electron chi connectivity index (χ2n) is 8.28. The average Bonchev–Trinajstić information content (AvgIpc) is 3.01. The van der Waals surface area contributed by atoms with Gasteiger partial charge in [0.25, 0.3) is 0 Å². The lowest BCUT2D eigenvalue weighted by Gasteiger charge is -2.42. The molecule has 0 bridgehead atoms. The highest BCUT2D eigenvalue weighted by Crippen LogP contribution is 2.46. The maximum atomic E-state index is 12.9. The predicted molar refractivity (Wildman–Crippen MR) is 95.6 cm³/mol. The van der Waals surface area contributed by atoms with Crippen LogP contribution < -0.4 is 0 Å². The Kier molecular flexibility index (Phi) is 3.90. The molecule has 0 spiro atoms. The number of aromatic carboxylic acids is 1. The van der Waals surface area contributed by atoms with Crippen molar-refractivity contribution in [1.29, 1.82) is 0 Å². The van der Waals surface area contributed by atoms with E-state index < -0.39 is 5.97 Å². The van der Waals surface area contributed by atoms with Crippen LogP contribution in [0.5, 0.6) is 0 Å². The van der Waals surface area contributed by atoms with Crippen molar-refractivity contribution in [2.45, 2.75) is 58.3 Å². The molecule has 25 heavy (non-hydrogen) atoms. The summed E-state index contributed by atoms with van der Waals surface area (Å²) in [6.45, 7) is 10.8. The largest absolute Gasteiger partial charge is 0.475 e. The quantitative estimate of drug-likeness (QED) is 0.810. The van der Waals surface area contributed by atoms with Crippen LogP contribution in [0.15, 0.2) is 28.7 Å². The molecule has 1 aromatic carbocycles. The molecule has 1 heterocycles. The van der Waals surface area contributed by atoms with E-state index in [9.17, 15) is 9.59 Å². The molecular formula is C21H24O4. The van der Waals surface area contributed by atoms with Crippen LogP contribution in [0.1, 0.15) is 83.9 Å². The summed E-state index contributed by atoms with van der Waals surface area (Å²) >= 11 is 0. The van der Waals surface area contributed by atoms with Crippen LogP contribution in [0.4, 0.5) is 0 Å². The first-order chi connectivity index (χ1) is 11.5. The lowest BCUT2D eigenvalue weighted by atomic mass is 9.62. The second kappa shape index (κ2) is 5.58. The molecule has 4 heteroatoms. The van der Waals surface area contributed by atoms with Crippen LogP contribution in [0, 0.1) is 6.92 Å². The van der Waals surface area contributed by atoms with Crippen molar-refractivity contribution in [3.63, 3.8) is 0 Å². The van der Waals surface area contributed by atoms with E-state index in [-0.39, 0.29) is 28.1 Å². The molecule has 0 aliphatic heterocycles. The number of aryl methyl sites for hydroxylation is 1. The summed E-state index contributed by atoms with van der Waals surface area (Å²) in [5.74, 6) is -1.61. The van der Waals surface area contributed by atoms with Crippen molar-refractivity contribution in [2.75, 3.05) is 0 Å². The first-order valence-corrected chi connectivity index (χ1v) is 8.56. The number of hydrogen-bond donors (Lipinski definition) is 1. The number of carbonyl (C=O) groups excluding carboxylic acids is 1. The number of carbonyl (C=O) groups is 2. The van der Waals surface area contributed by atoms with Gasteiger partial charge >= 0.3 is 5.97 Å². The zero-order chi connectivity index (χ0) is 18.6. The molecule has 2 aromatic rings. The van der Waals surface area contributed by atoms with Crippen LogP contribution >= 0.6 is 0 Å². The normalized spacial score (nSPS) is 17.8. The number of ketones is 1. The molecule has 1 N–H and O–H groups in total. The molecule has 1 aromatic heterocycles. The van der Waals surface area contributed by atoms with Crippen molar-refractivity contribution in [1.82, 2.24) is 0 Å². The van der Waals surface area contributed by atoms with Crippen LogP contribution in [0.25, 0.3) is 0 Å². The summed E-state index contributed by atoms with van der Waals surface area (Å²) < 4.78 is 5.20. The Morgan fingerprint density at radius 1 is 0.960 bits per heavy atom. The highest BCUT2D eigenvalue weighted by atomic mass is 16.4. The van der Waals surface area contributed by atoms with Gasteiger partial charge in [-0.2, -0.15) is 0 Å². The average molecular weight is 340 g/mol. The third-order valence-corrected chi connectivity index (χ3v) is 5.48. The Labute approximate surface area is 147 Å². The smallest absolute Gasteiger partial charge is 0.371 e. The van der Waals surface area contributed by atoms with Gasteiger partial charge in [-0.25, -0.2) is 4.79 Å². The number of rotatable bonds is 3. The number of fused-ring (bicyclic) bond motifs is 1. The Morgan fingerprint density at radius 2 is 1.48 bits per heavy atom. The minimum absolute atomic E-state index is 0.00295. The zero-order valence-corrected chi connectivity index (χ0v) is 15.4. The van der Waals surface area contributed by atoms with E-state index in [1.807, 2.05) is 13.0 Å². The Balaban J connectivity index is 2.11. The molecule has 0 radical (unpaired) electrons. The summed E-state index contributed by atoms with van der Waals surface area (Å²) in [5, 5.41) is 8.98. The maximum absolute atomic E-state index is 12.9. The summed E-state index contributed by atoms with van der Waals surface area (Å²) in [5.41, 5.74) is 4.05. The molecule has 0 atom stereocenters. The Hall–Kier alpha value is -2.36. The number of benzene rings is 1. The fraction of sp³-hybridized carbons (Fsp3) is 0.429. The van der Waals surface area contributed by atoms with Crippen molar-refractivity contribution in [2.24, 2.45) is 0 Å². The molecular weight excluding hydrogens is 316 g/mol. The number of hydrogen-bond acceptors (Lipinski definition) is 3. The Morgan fingerprint density at radius 3 is 2.00 bits per heavy atom. The van der Waals surface area contributed by atoms with Gasteiger partial charge in [0.1, 0.15) is 0 Å². The minimum Gasteiger partial charge on any atom is -0.475 e. The Bertz CT molecular complexity index is 868. The van der Waals surface area contributed by atoms with Crippen molar-refractivity contribution in [3.05, 3.63) is 58.0 Å². The van der Waals surface area contributed by atoms with Gasteiger partial charge in [-0.05, 0) is 65.5 Å². The molecule has 0 saturated carbocycles. The second-order valence-corrected chi connectivity index (χ2v) is 8.28. The van der Waals surface area contributed by atoms with E-state index in [2.05, 4.69) is 33.8 Å². The molecule has 1 aliphatic rings. The zero-order valence-electron chi connectivity index (χ0n) is 15.4. The van der Waals surface area contributed by atoms with Gasteiger partial charge in [-0.1, -0.05) is 33.8 Å². The molecule has 3 rings (SSSR count). The van der Waals surface area contributed by atoms with Gasteiger partial charge in [0.15, 0.2) is 5.76 Å². The number of carboxylic acids is 1. The molecule has 0 unspecified atom stereocenters. The molecule has 0 saturated heterocycles. The maximum Gasteiger partial charge on any atom is 0.371 e. The van der Waals surface area contributed by atoms with Crippen LogP contribution in [-0.2, 0) is 10.8 Å². The SMILES string of the molecule is Cc1cc2c(cc1C(=O)c1ccc(C(=O)O)o1)C(C)(C)CCC2(C)C. The van der Waals surface area contributed by atoms with Crippen LogP contribution in [0.3, 0.4) is 0 Å². The topological polar surface area (TPSA) is 67.5 Å². The van der Waals surface area contributed by atoms with Crippen LogP contribution in [0.2, 0.25) is 0 Å². The first kappa shape index (κ1) is 17.5. The first-order valence-electron chi connectivity index (χ1n) is 8.56. The summed E-state index contributed by atoms with van der Waals surface area (Å²) in [6.07, 6.45) is 2.17. The minimum atomic E-state index is -1.18. The van der Waals surface area contributed by atoms with Crippen molar-refractivity contribution in [3.8, 4) is 0 Å². The lowest BCUT2D eigenvalue weighted by Crippen LogP contribution is -2.34. The van der Waals surface area contributed by atoms with Crippen molar-refractivity contribution < 1.29 is 19.1 Å². The third-order valence-electron chi connectivity index (χ3n) is 5.48. The predicted octanol–water partition coefficient (Wildman–Crippen LogP) is 4.87. The monoisotopic (exact) mass is 340 g/mol. The van der Waals surface area contributed by atoms with Gasteiger partial charge in [-0.3, -0.25) is 4.79 Å². The van der Waals surface area contributed by atoms with Gasteiger partial charge in [-0.15, -0.1) is 0 Å². The van der Waals surface area contributed by atoms with Gasteiger partial charge in [0, 0.05) is 5.56 Å². The lowest BCUT2D eigenvalue weighted by molar-refractivity contribution is 0.0660. The van der Waals surface area contributed by atoms with Gasteiger partial charge in [0.05, 0.1) is 0 Å². The molecule has 1 aliphatic carbocycles. The van der Waals surface area contributed by atoms with Gasteiger partial charge in [0.2, 0.25) is 11.5 Å². The fourth-order valence-electron chi connectivity index (χ4n) is 3.67. The standard InChI is InChI=1S/C21H24O4/c1-12-10-14-15(21(4,5)9-8-20(14,2)3)11-13(12)18(22)16-6-7-17(25-16)19(23)24/h6-7,10-11H,8-9H2,1-5H3,(H,23,24). The van der Waals surface area contributed by atoms with E-state index in [0.29, 0.717) is 5.56 Å². The van der Waals surface area contributed by atoms with E-state index in [0.717, 1.165) is 18.4 Å². The molecule has 0 amide bonds. The van der Waals surface area contributed by atoms with Gasteiger partial charge < -0.3 is 9.52 Å². The highest BCUT2D eigenvalue weighted by Gasteiger charge is 2.38. The number of furan rings is 1. The fourth-order valence-corrected chi connectivity index (χ4v) is 3.67. The van der Waals surface area contributed by atoms with E-state index >= 15 is 0 Å². The van der Waals surface area contributed by atoms with E-state index in [1.165, 1.54) is 23.3 Å². The third kappa shape index (κ3) is 2.90. The van der Waals surface area contributed by atoms with Crippen molar-refractivity contribution >= 4 is 11.8 Å². The molecule has 132 valence electrons. The number of carboxylic acid groups (broad SMARTS) is 1.